The van der Waals surface area contributed by atoms with E-state index < -0.39 is 15.8 Å². The van der Waals surface area contributed by atoms with Gasteiger partial charge in [0, 0.05) is 6.54 Å². The molecule has 1 rings (SSSR count). The van der Waals surface area contributed by atoms with Gasteiger partial charge in [0.15, 0.2) is 0 Å². The zero-order valence-corrected chi connectivity index (χ0v) is 19.0. The van der Waals surface area contributed by atoms with Gasteiger partial charge in [-0.3, -0.25) is 0 Å². The monoisotopic (exact) mass is 425 g/mol. The number of hydrogen-bond donors (Lipinski definition) is 1. The van der Waals surface area contributed by atoms with Gasteiger partial charge < -0.3 is 0 Å². The van der Waals surface area contributed by atoms with Gasteiger partial charge in [-0.15, -0.1) is 0 Å². The van der Waals surface area contributed by atoms with Crippen LogP contribution in [0.25, 0.3) is 0 Å². The first-order chi connectivity index (χ1) is 14.1. The first kappa shape index (κ1) is 25.8. The molecule has 0 saturated carbocycles. The molecule has 0 aliphatic rings. The lowest BCUT2D eigenvalue weighted by Gasteiger charge is -2.06. The van der Waals surface area contributed by atoms with Crippen LogP contribution in [0.15, 0.2) is 41.3 Å². The third kappa shape index (κ3) is 13.6. The topological polar surface area (TPSA) is 46.2 Å². The highest BCUT2D eigenvalue weighted by molar-refractivity contribution is 7.89. The second-order valence-electron chi connectivity index (χ2n) is 7.79. The molecule has 0 heterocycles. The molecule has 166 valence electrons. The van der Waals surface area contributed by atoms with Crippen LogP contribution in [0.5, 0.6) is 0 Å². The van der Waals surface area contributed by atoms with Crippen LogP contribution < -0.4 is 4.72 Å². The summed E-state index contributed by atoms with van der Waals surface area (Å²) in [5, 5.41) is 0. The van der Waals surface area contributed by atoms with E-state index in [1.54, 1.807) is 0 Å². The third-order valence-corrected chi connectivity index (χ3v) is 6.58. The van der Waals surface area contributed by atoms with Crippen LogP contribution in [-0.2, 0) is 10.0 Å². The van der Waals surface area contributed by atoms with E-state index in [0.29, 0.717) is 6.54 Å². The molecule has 29 heavy (non-hydrogen) atoms. The molecule has 0 fully saturated rings. The Morgan fingerprint density at radius 2 is 1.24 bits per heavy atom. The van der Waals surface area contributed by atoms with Crippen molar-refractivity contribution in [2.24, 2.45) is 0 Å². The standard InChI is InChI=1S/C24H40FNO2S/c1-2-3-4-5-6-7-8-9-10-11-12-13-14-15-16-17-22-26-29(27,28)24-20-18-23(25)19-21-24/h9-10,18-21,26H,2-8,11-17,22H2,1H3/b10-9-. The highest BCUT2D eigenvalue weighted by Gasteiger charge is 2.12. The number of sulfonamides is 1. The Hall–Kier alpha value is -1.20. The number of rotatable bonds is 18. The van der Waals surface area contributed by atoms with Gasteiger partial charge in [-0.25, -0.2) is 17.5 Å². The fourth-order valence-corrected chi connectivity index (χ4v) is 4.35. The van der Waals surface area contributed by atoms with E-state index in [0.717, 1.165) is 19.3 Å². The van der Waals surface area contributed by atoms with Gasteiger partial charge in [0.05, 0.1) is 4.90 Å². The predicted octanol–water partition coefficient (Wildman–Crippen LogP) is 7.14. The highest BCUT2D eigenvalue weighted by atomic mass is 32.2. The first-order valence-corrected chi connectivity index (χ1v) is 12.9. The Bertz CT molecular complexity index is 641. The van der Waals surface area contributed by atoms with Crippen LogP contribution in [0.4, 0.5) is 4.39 Å². The molecule has 5 heteroatoms. The van der Waals surface area contributed by atoms with E-state index in [-0.39, 0.29) is 4.90 Å². The van der Waals surface area contributed by atoms with E-state index in [4.69, 9.17) is 0 Å². The van der Waals surface area contributed by atoms with Gasteiger partial charge in [-0.1, -0.05) is 76.9 Å². The minimum absolute atomic E-state index is 0.114. The molecule has 0 aromatic heterocycles. The molecule has 0 unspecified atom stereocenters. The summed E-state index contributed by atoms with van der Waals surface area (Å²) in [5.74, 6) is -0.433. The van der Waals surface area contributed by atoms with E-state index >= 15 is 0 Å². The average molecular weight is 426 g/mol. The zero-order chi connectivity index (χ0) is 21.2. The summed E-state index contributed by atoms with van der Waals surface area (Å²) in [6.45, 7) is 2.69. The number of hydrogen-bond acceptors (Lipinski definition) is 2. The largest absolute Gasteiger partial charge is 0.240 e. The maximum atomic E-state index is 12.9. The van der Waals surface area contributed by atoms with Crippen molar-refractivity contribution in [2.45, 2.75) is 102 Å². The Morgan fingerprint density at radius 1 is 0.759 bits per heavy atom. The normalized spacial score (nSPS) is 12.1. The van der Waals surface area contributed by atoms with Crippen LogP contribution in [-0.4, -0.2) is 15.0 Å². The van der Waals surface area contributed by atoms with Crippen molar-refractivity contribution in [2.75, 3.05) is 6.54 Å². The number of nitrogens with one attached hydrogen (secondary N) is 1. The molecule has 0 amide bonds. The summed E-state index contributed by atoms with van der Waals surface area (Å²) in [6.07, 6.45) is 21.9. The SMILES string of the molecule is CCCCCCCC/C=C\CCCCCCCCNS(=O)(=O)c1ccc(F)cc1. The molecule has 0 radical (unpaired) electrons. The van der Waals surface area contributed by atoms with Gasteiger partial charge in [0.2, 0.25) is 10.0 Å². The summed E-state index contributed by atoms with van der Waals surface area (Å²) in [4.78, 5) is 0.114. The van der Waals surface area contributed by atoms with E-state index in [2.05, 4.69) is 23.8 Å². The Labute approximate surface area is 178 Å². The average Bonchev–Trinajstić information content (AvgIpc) is 2.70. The second kappa shape index (κ2) is 16.6. The van der Waals surface area contributed by atoms with Crippen LogP contribution in [0.2, 0.25) is 0 Å². The third-order valence-electron chi connectivity index (χ3n) is 5.10. The van der Waals surface area contributed by atoms with Crippen LogP contribution in [0.1, 0.15) is 96.8 Å². The van der Waals surface area contributed by atoms with Gasteiger partial charge in [0.1, 0.15) is 5.82 Å². The minimum atomic E-state index is -3.52. The number of unbranched alkanes of at least 4 members (excludes halogenated alkanes) is 12. The molecule has 1 aromatic carbocycles. The molecule has 1 aromatic rings. The molecule has 0 aliphatic heterocycles. The summed E-state index contributed by atoms with van der Waals surface area (Å²) < 4.78 is 39.6. The quantitative estimate of drug-likeness (QED) is 0.201. The number of benzene rings is 1. The molecular weight excluding hydrogens is 385 g/mol. The predicted molar refractivity (Wildman–Crippen MR) is 121 cm³/mol. The zero-order valence-electron chi connectivity index (χ0n) is 18.2. The molecule has 0 bridgehead atoms. The van der Waals surface area contributed by atoms with Crippen molar-refractivity contribution in [3.05, 3.63) is 42.2 Å². The van der Waals surface area contributed by atoms with E-state index in [1.807, 2.05) is 0 Å². The highest BCUT2D eigenvalue weighted by Crippen LogP contribution is 2.11. The number of allylic oxidation sites excluding steroid dienone is 2. The maximum absolute atomic E-state index is 12.9. The van der Waals surface area contributed by atoms with Crippen molar-refractivity contribution in [1.29, 1.82) is 0 Å². The summed E-state index contributed by atoms with van der Waals surface area (Å²) in [7, 11) is -3.52. The summed E-state index contributed by atoms with van der Waals surface area (Å²) in [6, 6.07) is 4.91. The molecule has 0 spiro atoms. The molecule has 0 saturated heterocycles. The van der Waals surface area contributed by atoms with Gasteiger partial charge in [-0.2, -0.15) is 0 Å². The Balaban J connectivity index is 1.91. The smallest absolute Gasteiger partial charge is 0.211 e. The second-order valence-corrected chi connectivity index (χ2v) is 9.56. The molecule has 1 N–H and O–H groups in total. The minimum Gasteiger partial charge on any atom is -0.211 e. The maximum Gasteiger partial charge on any atom is 0.240 e. The lowest BCUT2D eigenvalue weighted by Crippen LogP contribution is -2.24. The molecular formula is C24H40FNO2S. The van der Waals surface area contributed by atoms with E-state index in [1.165, 1.54) is 94.9 Å². The lowest BCUT2D eigenvalue weighted by molar-refractivity contribution is 0.565. The summed E-state index contributed by atoms with van der Waals surface area (Å²) in [5.41, 5.74) is 0. The molecule has 3 nitrogen and oxygen atoms in total. The Kier molecular flexibility index (Phi) is 14.8. The van der Waals surface area contributed by atoms with Crippen LogP contribution >= 0.6 is 0 Å². The molecule has 0 atom stereocenters. The van der Waals surface area contributed by atoms with Gasteiger partial charge in [0.25, 0.3) is 0 Å². The first-order valence-electron chi connectivity index (χ1n) is 11.5. The van der Waals surface area contributed by atoms with Gasteiger partial charge in [-0.05, 0) is 56.4 Å². The summed E-state index contributed by atoms with van der Waals surface area (Å²) >= 11 is 0. The van der Waals surface area contributed by atoms with Crippen molar-refractivity contribution >= 4 is 10.0 Å². The van der Waals surface area contributed by atoms with E-state index in [9.17, 15) is 12.8 Å². The van der Waals surface area contributed by atoms with Crippen molar-refractivity contribution in [3.63, 3.8) is 0 Å². The van der Waals surface area contributed by atoms with Gasteiger partial charge >= 0.3 is 0 Å². The van der Waals surface area contributed by atoms with Crippen molar-refractivity contribution < 1.29 is 12.8 Å². The Morgan fingerprint density at radius 3 is 1.79 bits per heavy atom. The number of halogens is 1. The van der Waals surface area contributed by atoms with Crippen molar-refractivity contribution in [3.8, 4) is 0 Å². The van der Waals surface area contributed by atoms with Crippen LogP contribution in [0.3, 0.4) is 0 Å². The van der Waals surface area contributed by atoms with Crippen LogP contribution in [0, 0.1) is 5.82 Å². The van der Waals surface area contributed by atoms with Crippen molar-refractivity contribution in [1.82, 2.24) is 4.72 Å². The lowest BCUT2D eigenvalue weighted by atomic mass is 10.1. The molecule has 0 aliphatic carbocycles. The fraction of sp³-hybridized carbons (Fsp3) is 0.667. The fourth-order valence-electron chi connectivity index (χ4n) is 3.28.